The zero-order valence-corrected chi connectivity index (χ0v) is 7.11. The van der Waals surface area contributed by atoms with Crippen molar-refractivity contribution in [3.05, 3.63) is 11.3 Å². The molecule has 13 heavy (non-hydrogen) atoms. The Kier molecular flexibility index (Phi) is 2.32. The number of anilines is 2. The standard InChI is InChI=1S/C7H10N4O2/c1-2-3-4(6(12)13)10-7(9)11-5(3)8/h2H2,1H3,(H,12,13)(H4,8,9,10,11). The topological polar surface area (TPSA) is 115 Å². The van der Waals surface area contributed by atoms with E-state index in [1.54, 1.807) is 6.92 Å². The van der Waals surface area contributed by atoms with Gasteiger partial charge in [0.2, 0.25) is 5.95 Å². The molecular formula is C7H10N4O2. The first-order valence-electron chi connectivity index (χ1n) is 3.71. The summed E-state index contributed by atoms with van der Waals surface area (Å²) in [6.45, 7) is 1.78. The maximum absolute atomic E-state index is 10.7. The lowest BCUT2D eigenvalue weighted by atomic mass is 10.1. The van der Waals surface area contributed by atoms with Crippen LogP contribution in [0.3, 0.4) is 0 Å². The van der Waals surface area contributed by atoms with Gasteiger partial charge in [-0.15, -0.1) is 0 Å². The molecular weight excluding hydrogens is 172 g/mol. The third-order valence-electron chi connectivity index (χ3n) is 1.61. The number of rotatable bonds is 2. The minimum Gasteiger partial charge on any atom is -0.476 e. The molecule has 0 aromatic carbocycles. The number of hydrogen-bond donors (Lipinski definition) is 3. The van der Waals surface area contributed by atoms with Crippen LogP contribution in [-0.4, -0.2) is 21.0 Å². The van der Waals surface area contributed by atoms with Gasteiger partial charge in [0.15, 0.2) is 5.69 Å². The van der Waals surface area contributed by atoms with E-state index in [0.29, 0.717) is 12.0 Å². The quantitative estimate of drug-likeness (QED) is 0.588. The summed E-state index contributed by atoms with van der Waals surface area (Å²) < 4.78 is 0. The van der Waals surface area contributed by atoms with E-state index in [-0.39, 0.29) is 17.5 Å². The van der Waals surface area contributed by atoms with Crippen molar-refractivity contribution in [3.63, 3.8) is 0 Å². The first-order valence-corrected chi connectivity index (χ1v) is 3.71. The van der Waals surface area contributed by atoms with E-state index in [1.807, 2.05) is 0 Å². The number of carboxylic acid groups (broad SMARTS) is 1. The van der Waals surface area contributed by atoms with Gasteiger partial charge in [0, 0.05) is 5.56 Å². The first-order chi connectivity index (χ1) is 6.06. The maximum Gasteiger partial charge on any atom is 0.355 e. The van der Waals surface area contributed by atoms with Crippen molar-refractivity contribution in [2.45, 2.75) is 13.3 Å². The monoisotopic (exact) mass is 182 g/mol. The minimum absolute atomic E-state index is 0.118. The zero-order valence-electron chi connectivity index (χ0n) is 7.11. The Hall–Kier alpha value is -1.85. The Morgan fingerprint density at radius 1 is 1.46 bits per heavy atom. The zero-order chi connectivity index (χ0) is 10.0. The van der Waals surface area contributed by atoms with Crippen molar-refractivity contribution in [1.29, 1.82) is 0 Å². The highest BCUT2D eigenvalue weighted by atomic mass is 16.4. The van der Waals surface area contributed by atoms with E-state index >= 15 is 0 Å². The predicted molar refractivity (Wildman–Crippen MR) is 47.2 cm³/mol. The summed E-state index contributed by atoms with van der Waals surface area (Å²) in [6.07, 6.45) is 0.466. The average Bonchev–Trinajstić information content (AvgIpc) is 2.02. The molecule has 0 spiro atoms. The molecule has 6 nitrogen and oxygen atoms in total. The molecule has 0 bridgehead atoms. The molecule has 0 aliphatic heterocycles. The molecule has 0 radical (unpaired) electrons. The largest absolute Gasteiger partial charge is 0.476 e. The molecule has 0 atom stereocenters. The van der Waals surface area contributed by atoms with E-state index in [9.17, 15) is 4.79 Å². The van der Waals surface area contributed by atoms with Crippen molar-refractivity contribution in [1.82, 2.24) is 9.97 Å². The molecule has 6 heteroatoms. The van der Waals surface area contributed by atoms with Crippen molar-refractivity contribution in [2.75, 3.05) is 11.5 Å². The van der Waals surface area contributed by atoms with Crippen LogP contribution >= 0.6 is 0 Å². The molecule has 70 valence electrons. The second-order valence-electron chi connectivity index (χ2n) is 2.45. The third-order valence-corrected chi connectivity index (χ3v) is 1.61. The molecule has 1 aromatic rings. The number of aromatic carboxylic acids is 1. The second kappa shape index (κ2) is 3.26. The van der Waals surface area contributed by atoms with Crippen molar-refractivity contribution in [2.24, 2.45) is 0 Å². The van der Waals surface area contributed by atoms with Crippen LogP contribution in [-0.2, 0) is 6.42 Å². The van der Waals surface area contributed by atoms with E-state index in [1.165, 1.54) is 0 Å². The molecule has 0 aliphatic rings. The fraction of sp³-hybridized carbons (Fsp3) is 0.286. The molecule has 0 saturated carbocycles. The Balaban J connectivity index is 3.38. The Morgan fingerprint density at radius 2 is 2.08 bits per heavy atom. The van der Waals surface area contributed by atoms with E-state index < -0.39 is 5.97 Å². The summed E-state index contributed by atoms with van der Waals surface area (Å²) in [5.41, 5.74) is 11.0. The molecule has 0 amide bonds. The minimum atomic E-state index is -1.14. The van der Waals surface area contributed by atoms with Crippen LogP contribution in [0, 0.1) is 0 Å². The fourth-order valence-electron chi connectivity index (χ4n) is 1.04. The molecule has 1 rings (SSSR count). The van der Waals surface area contributed by atoms with Gasteiger partial charge >= 0.3 is 5.97 Å². The predicted octanol–water partition coefficient (Wildman–Crippen LogP) is -0.0984. The van der Waals surface area contributed by atoms with Crippen molar-refractivity contribution >= 4 is 17.7 Å². The third kappa shape index (κ3) is 1.66. The molecule has 0 aliphatic carbocycles. The van der Waals surface area contributed by atoms with Gasteiger partial charge in [0.1, 0.15) is 5.82 Å². The Bertz CT molecular complexity index is 351. The van der Waals surface area contributed by atoms with Gasteiger partial charge in [-0.2, -0.15) is 4.98 Å². The van der Waals surface area contributed by atoms with Crippen LogP contribution in [0.15, 0.2) is 0 Å². The highest BCUT2D eigenvalue weighted by molar-refractivity contribution is 5.88. The Morgan fingerprint density at radius 3 is 2.54 bits per heavy atom. The Labute approximate surface area is 74.6 Å². The molecule has 0 unspecified atom stereocenters. The molecule has 5 N–H and O–H groups in total. The number of nitrogens with two attached hydrogens (primary N) is 2. The highest BCUT2D eigenvalue weighted by Crippen LogP contribution is 2.14. The SMILES string of the molecule is CCc1c(N)nc(N)nc1C(=O)O. The van der Waals surface area contributed by atoms with Gasteiger partial charge in [0.05, 0.1) is 0 Å². The number of aromatic nitrogens is 2. The summed E-state index contributed by atoms with van der Waals surface area (Å²) in [4.78, 5) is 17.9. The van der Waals surface area contributed by atoms with Gasteiger partial charge in [0.25, 0.3) is 0 Å². The smallest absolute Gasteiger partial charge is 0.355 e. The van der Waals surface area contributed by atoms with Crippen LogP contribution in [0.2, 0.25) is 0 Å². The number of hydrogen-bond acceptors (Lipinski definition) is 5. The van der Waals surface area contributed by atoms with Gasteiger partial charge in [-0.3, -0.25) is 0 Å². The molecule has 1 heterocycles. The van der Waals surface area contributed by atoms with Crippen LogP contribution in [0.4, 0.5) is 11.8 Å². The lowest BCUT2D eigenvalue weighted by Crippen LogP contribution is -2.12. The number of nitrogens with zero attached hydrogens (tertiary/aromatic N) is 2. The van der Waals surface area contributed by atoms with E-state index in [0.717, 1.165) is 0 Å². The highest BCUT2D eigenvalue weighted by Gasteiger charge is 2.15. The van der Waals surface area contributed by atoms with Crippen molar-refractivity contribution in [3.8, 4) is 0 Å². The van der Waals surface area contributed by atoms with Gasteiger partial charge in [-0.25, -0.2) is 9.78 Å². The average molecular weight is 182 g/mol. The van der Waals surface area contributed by atoms with Gasteiger partial charge < -0.3 is 16.6 Å². The summed E-state index contributed by atoms with van der Waals surface area (Å²) >= 11 is 0. The first kappa shape index (κ1) is 9.24. The summed E-state index contributed by atoms with van der Waals surface area (Å²) in [5, 5.41) is 8.74. The molecule has 0 fully saturated rings. The molecule has 0 saturated heterocycles. The van der Waals surface area contributed by atoms with E-state index in [4.69, 9.17) is 16.6 Å². The lowest BCUT2D eigenvalue weighted by Gasteiger charge is -2.05. The van der Waals surface area contributed by atoms with E-state index in [2.05, 4.69) is 9.97 Å². The number of nitrogen functional groups attached to an aromatic ring is 2. The second-order valence-corrected chi connectivity index (χ2v) is 2.45. The maximum atomic E-state index is 10.7. The van der Waals surface area contributed by atoms with Crippen LogP contribution in [0.5, 0.6) is 0 Å². The normalized spacial score (nSPS) is 9.92. The number of carboxylic acids is 1. The van der Waals surface area contributed by atoms with Gasteiger partial charge in [-0.05, 0) is 6.42 Å². The summed E-state index contributed by atoms with van der Waals surface area (Å²) in [7, 11) is 0. The summed E-state index contributed by atoms with van der Waals surface area (Å²) in [6, 6.07) is 0. The molecule has 1 aromatic heterocycles. The number of carbonyl (C=O) groups is 1. The summed E-state index contributed by atoms with van der Waals surface area (Å²) in [5.74, 6) is -1.13. The van der Waals surface area contributed by atoms with Crippen molar-refractivity contribution < 1.29 is 9.90 Å². The van der Waals surface area contributed by atoms with Crippen LogP contribution in [0.25, 0.3) is 0 Å². The van der Waals surface area contributed by atoms with Crippen LogP contribution in [0.1, 0.15) is 23.0 Å². The fourth-order valence-corrected chi connectivity index (χ4v) is 1.04. The van der Waals surface area contributed by atoms with Gasteiger partial charge in [-0.1, -0.05) is 6.92 Å². The lowest BCUT2D eigenvalue weighted by molar-refractivity contribution is 0.0689. The van der Waals surface area contributed by atoms with Crippen LogP contribution < -0.4 is 11.5 Å².